The Kier molecular flexibility index (Phi) is 7.25. The normalized spacial score (nSPS) is 22.6. The number of likely N-dealkylation sites (tertiary alicyclic amines) is 1. The van der Waals surface area contributed by atoms with Crippen LogP contribution in [-0.2, 0) is 9.16 Å². The van der Waals surface area contributed by atoms with Gasteiger partial charge in [-0.05, 0) is 31.5 Å². The van der Waals surface area contributed by atoms with E-state index in [1.807, 2.05) is 13.0 Å². The first-order chi connectivity index (χ1) is 11.0. The first kappa shape index (κ1) is 20.9. The summed E-state index contributed by atoms with van der Waals surface area (Å²) >= 11 is 0. The molecule has 24 heavy (non-hydrogen) atoms. The molecule has 0 aromatic rings. The molecule has 5 nitrogen and oxygen atoms in total. The number of nitrogens with zero attached hydrogens (tertiary/aromatic N) is 1. The lowest BCUT2D eigenvalue weighted by Crippen LogP contribution is -2.44. The highest BCUT2D eigenvalue weighted by Crippen LogP contribution is 2.39. The van der Waals surface area contributed by atoms with Crippen molar-refractivity contribution in [3.63, 3.8) is 0 Å². The summed E-state index contributed by atoms with van der Waals surface area (Å²) in [5, 5.41) is 9.40. The van der Waals surface area contributed by atoms with E-state index in [2.05, 4.69) is 40.4 Å². The van der Waals surface area contributed by atoms with Crippen LogP contribution in [0, 0.1) is 0 Å². The first-order valence-corrected chi connectivity index (χ1v) is 11.4. The molecule has 0 aromatic heterocycles. The molecule has 0 saturated carbocycles. The van der Waals surface area contributed by atoms with Crippen LogP contribution >= 0.6 is 0 Å². The third-order valence-electron chi connectivity index (χ3n) is 4.86. The molecule has 1 fully saturated rings. The van der Waals surface area contributed by atoms with Crippen LogP contribution in [0.3, 0.4) is 0 Å². The summed E-state index contributed by atoms with van der Waals surface area (Å²) in [6.07, 6.45) is 3.86. The minimum absolute atomic E-state index is 0.00471. The molecule has 1 rings (SSSR count). The Morgan fingerprint density at radius 3 is 2.54 bits per heavy atom. The van der Waals surface area contributed by atoms with E-state index in [-0.39, 0.29) is 36.5 Å². The highest BCUT2D eigenvalue weighted by atomic mass is 28.4. The van der Waals surface area contributed by atoms with Crippen molar-refractivity contribution in [1.82, 2.24) is 4.90 Å². The van der Waals surface area contributed by atoms with Crippen LogP contribution in [0.2, 0.25) is 18.1 Å². The molecular formula is C18H33NO4Si. The molecule has 2 atom stereocenters. The van der Waals surface area contributed by atoms with Crippen LogP contribution in [0.25, 0.3) is 0 Å². The van der Waals surface area contributed by atoms with E-state index in [9.17, 15) is 9.90 Å². The van der Waals surface area contributed by atoms with Gasteiger partial charge in [0.1, 0.15) is 6.61 Å². The van der Waals surface area contributed by atoms with E-state index >= 15 is 0 Å². The molecule has 1 N–H and O–H groups in total. The van der Waals surface area contributed by atoms with Crippen LogP contribution < -0.4 is 0 Å². The molecule has 0 unspecified atom stereocenters. The lowest BCUT2D eigenvalue weighted by Gasteiger charge is -2.38. The van der Waals surface area contributed by atoms with Crippen molar-refractivity contribution in [2.75, 3.05) is 19.8 Å². The fourth-order valence-corrected chi connectivity index (χ4v) is 3.82. The monoisotopic (exact) mass is 355 g/mol. The number of carbonyl (C=O) groups is 1. The molecule has 6 heteroatoms. The zero-order valence-electron chi connectivity index (χ0n) is 16.0. The summed E-state index contributed by atoms with van der Waals surface area (Å²) in [6, 6.07) is -0.107. The van der Waals surface area contributed by atoms with Crippen molar-refractivity contribution >= 4 is 14.4 Å². The summed E-state index contributed by atoms with van der Waals surface area (Å²) in [5.74, 6) is 0. The maximum atomic E-state index is 12.3. The van der Waals surface area contributed by atoms with Crippen LogP contribution in [0.5, 0.6) is 0 Å². The molecule has 1 amide bonds. The van der Waals surface area contributed by atoms with E-state index in [0.717, 1.165) is 12.0 Å². The minimum Gasteiger partial charge on any atom is -0.445 e. The number of amides is 1. The van der Waals surface area contributed by atoms with Gasteiger partial charge < -0.3 is 14.3 Å². The maximum Gasteiger partial charge on any atom is 0.410 e. The summed E-state index contributed by atoms with van der Waals surface area (Å²) < 4.78 is 11.7. The van der Waals surface area contributed by atoms with Crippen molar-refractivity contribution < 1.29 is 19.1 Å². The van der Waals surface area contributed by atoms with Gasteiger partial charge in [0.25, 0.3) is 0 Å². The molecule has 0 aliphatic carbocycles. The van der Waals surface area contributed by atoms with Gasteiger partial charge in [-0.25, -0.2) is 4.79 Å². The molecule has 0 bridgehead atoms. The van der Waals surface area contributed by atoms with Gasteiger partial charge in [0.2, 0.25) is 0 Å². The number of aliphatic hydroxyl groups excluding tert-OH is 1. The predicted molar refractivity (Wildman–Crippen MR) is 99.6 cm³/mol. The van der Waals surface area contributed by atoms with Gasteiger partial charge in [0, 0.05) is 6.54 Å². The Balaban J connectivity index is 2.89. The van der Waals surface area contributed by atoms with Gasteiger partial charge in [-0.2, -0.15) is 0 Å². The number of rotatable bonds is 6. The van der Waals surface area contributed by atoms with Crippen LogP contribution in [0.1, 0.15) is 34.1 Å². The van der Waals surface area contributed by atoms with E-state index in [4.69, 9.17) is 9.16 Å². The highest BCUT2D eigenvalue weighted by molar-refractivity contribution is 6.74. The number of hydrogen-bond donors (Lipinski definition) is 1. The number of aliphatic hydroxyl groups is 1. The fourth-order valence-electron chi connectivity index (χ4n) is 2.47. The molecule has 1 saturated heterocycles. The van der Waals surface area contributed by atoms with Gasteiger partial charge in [0.05, 0.1) is 18.8 Å². The Hall–Kier alpha value is -1.11. The summed E-state index contributed by atoms with van der Waals surface area (Å²) in [6.45, 7) is 17.2. The second-order valence-electron chi connectivity index (χ2n) is 7.99. The van der Waals surface area contributed by atoms with Crippen molar-refractivity contribution in [3.05, 3.63) is 24.3 Å². The van der Waals surface area contributed by atoms with Gasteiger partial charge in [-0.1, -0.05) is 45.1 Å². The SMILES string of the molecule is C=CCOC(=O)N1C[C@H](O[Si](C)(C)C(C)(C)C)C[C@H]1C=C(C)CO. The zero-order chi connectivity index (χ0) is 18.5. The average molecular weight is 356 g/mol. The number of hydrogen-bond acceptors (Lipinski definition) is 4. The van der Waals surface area contributed by atoms with E-state index < -0.39 is 8.32 Å². The quantitative estimate of drug-likeness (QED) is 0.583. The van der Waals surface area contributed by atoms with Gasteiger partial charge >= 0.3 is 6.09 Å². The van der Waals surface area contributed by atoms with Crippen molar-refractivity contribution in [2.45, 2.75) is 64.4 Å². The minimum atomic E-state index is -1.90. The van der Waals surface area contributed by atoms with Gasteiger partial charge in [-0.15, -0.1) is 0 Å². The summed E-state index contributed by atoms with van der Waals surface area (Å²) in [7, 11) is -1.90. The Morgan fingerprint density at radius 2 is 2.04 bits per heavy atom. The summed E-state index contributed by atoms with van der Waals surface area (Å²) in [5.41, 5.74) is 0.842. The topological polar surface area (TPSA) is 59.0 Å². The average Bonchev–Trinajstić information content (AvgIpc) is 2.85. The number of carbonyl (C=O) groups excluding carboxylic acids is 1. The molecule has 1 heterocycles. The third kappa shape index (κ3) is 5.46. The van der Waals surface area contributed by atoms with E-state index in [0.29, 0.717) is 6.54 Å². The lowest BCUT2D eigenvalue weighted by atomic mass is 10.1. The van der Waals surface area contributed by atoms with Gasteiger partial charge in [-0.3, -0.25) is 4.90 Å². The number of ether oxygens (including phenoxy) is 1. The van der Waals surface area contributed by atoms with E-state index in [1.54, 1.807) is 11.0 Å². The van der Waals surface area contributed by atoms with Gasteiger partial charge in [0.15, 0.2) is 8.32 Å². The molecular weight excluding hydrogens is 322 g/mol. The summed E-state index contributed by atoms with van der Waals surface area (Å²) in [4.78, 5) is 14.0. The van der Waals surface area contributed by atoms with Crippen LogP contribution in [0.15, 0.2) is 24.3 Å². The Bertz CT molecular complexity index is 482. The molecule has 0 aromatic carbocycles. The van der Waals surface area contributed by atoms with Crippen LogP contribution in [-0.4, -0.2) is 56.3 Å². The van der Waals surface area contributed by atoms with Crippen molar-refractivity contribution in [3.8, 4) is 0 Å². The molecule has 0 radical (unpaired) electrons. The maximum absolute atomic E-state index is 12.3. The molecule has 1 aliphatic heterocycles. The fraction of sp³-hybridized carbons (Fsp3) is 0.722. The largest absolute Gasteiger partial charge is 0.445 e. The van der Waals surface area contributed by atoms with Crippen molar-refractivity contribution in [1.29, 1.82) is 0 Å². The smallest absolute Gasteiger partial charge is 0.410 e. The second-order valence-corrected chi connectivity index (χ2v) is 12.7. The predicted octanol–water partition coefficient (Wildman–Crippen LogP) is 3.71. The standard InChI is InChI=1S/C18H33NO4Si/c1-8-9-22-17(21)19-12-16(11-15(19)10-14(2)13-20)23-24(6,7)18(3,4)5/h8,10,15-16,20H,1,9,11-13H2,2-7H3/t15-,16-/m1/s1. The highest BCUT2D eigenvalue weighted by Gasteiger charge is 2.43. The lowest BCUT2D eigenvalue weighted by molar-refractivity contribution is 0.108. The van der Waals surface area contributed by atoms with Crippen LogP contribution in [0.4, 0.5) is 4.79 Å². The Morgan fingerprint density at radius 1 is 1.42 bits per heavy atom. The third-order valence-corrected chi connectivity index (χ3v) is 9.39. The first-order valence-electron chi connectivity index (χ1n) is 8.52. The van der Waals surface area contributed by atoms with Crippen molar-refractivity contribution in [2.24, 2.45) is 0 Å². The molecule has 138 valence electrons. The van der Waals surface area contributed by atoms with E-state index in [1.165, 1.54) is 0 Å². The molecule has 0 spiro atoms. The Labute approximate surface area is 147 Å². The zero-order valence-corrected chi connectivity index (χ0v) is 17.0. The second kappa shape index (κ2) is 8.32. The molecule has 1 aliphatic rings.